The average Bonchev–Trinajstić information content (AvgIpc) is 2.39. The monoisotopic (exact) mass is 250 g/mol. The molecule has 0 spiro atoms. The van der Waals surface area contributed by atoms with Crippen LogP contribution in [0, 0.1) is 5.82 Å². The minimum absolute atomic E-state index is 0.139. The van der Waals surface area contributed by atoms with Gasteiger partial charge in [-0.3, -0.25) is 4.90 Å². The molecule has 1 aromatic carbocycles. The molecule has 1 fully saturated rings. The van der Waals surface area contributed by atoms with Gasteiger partial charge in [0, 0.05) is 19.1 Å². The van der Waals surface area contributed by atoms with Gasteiger partial charge in [0.15, 0.2) is 0 Å². The van der Waals surface area contributed by atoms with E-state index in [2.05, 4.69) is 17.1 Å². The molecule has 18 heavy (non-hydrogen) atoms. The van der Waals surface area contributed by atoms with E-state index in [0.29, 0.717) is 6.04 Å². The zero-order valence-corrected chi connectivity index (χ0v) is 11.2. The van der Waals surface area contributed by atoms with E-state index in [-0.39, 0.29) is 5.82 Å². The summed E-state index contributed by atoms with van der Waals surface area (Å²) in [4.78, 5) is 2.39. The second-order valence-corrected chi connectivity index (χ2v) is 5.10. The number of rotatable bonds is 5. The van der Waals surface area contributed by atoms with Crippen LogP contribution < -0.4 is 5.32 Å². The van der Waals surface area contributed by atoms with Crippen LogP contribution in [0.2, 0.25) is 0 Å². The quantitative estimate of drug-likeness (QED) is 0.864. The van der Waals surface area contributed by atoms with Gasteiger partial charge in [-0.1, -0.05) is 25.5 Å². The normalized spacial score (nSPS) is 20.3. The predicted molar refractivity (Wildman–Crippen MR) is 73.0 cm³/mol. The van der Waals surface area contributed by atoms with Gasteiger partial charge < -0.3 is 5.32 Å². The Balaban J connectivity index is 1.88. The van der Waals surface area contributed by atoms with Crippen molar-refractivity contribution >= 4 is 0 Å². The van der Waals surface area contributed by atoms with E-state index in [1.165, 1.54) is 25.3 Å². The Morgan fingerprint density at radius 3 is 2.94 bits per heavy atom. The van der Waals surface area contributed by atoms with Gasteiger partial charge in [-0.05, 0) is 43.6 Å². The maximum atomic E-state index is 13.1. The molecule has 3 heteroatoms. The summed E-state index contributed by atoms with van der Waals surface area (Å²) < 4.78 is 13.1. The number of hydrogen-bond acceptors (Lipinski definition) is 2. The minimum Gasteiger partial charge on any atom is -0.313 e. The molecular weight excluding hydrogens is 227 g/mol. The highest BCUT2D eigenvalue weighted by Gasteiger charge is 2.15. The minimum atomic E-state index is -0.139. The lowest BCUT2D eigenvalue weighted by Crippen LogP contribution is -2.43. The van der Waals surface area contributed by atoms with Crippen LogP contribution in [0.1, 0.15) is 31.7 Å². The first-order valence-corrected chi connectivity index (χ1v) is 6.98. The summed E-state index contributed by atoms with van der Waals surface area (Å²) >= 11 is 0. The summed E-state index contributed by atoms with van der Waals surface area (Å²) in [6, 6.07) is 7.53. The van der Waals surface area contributed by atoms with Crippen molar-refractivity contribution in [3.63, 3.8) is 0 Å². The molecule has 1 atom stereocenters. The molecule has 0 amide bonds. The van der Waals surface area contributed by atoms with Gasteiger partial charge in [0.2, 0.25) is 0 Å². The third-order valence-electron chi connectivity index (χ3n) is 3.63. The number of hydrogen-bond donors (Lipinski definition) is 1. The molecule has 0 aromatic heterocycles. The zero-order chi connectivity index (χ0) is 12.8. The van der Waals surface area contributed by atoms with Crippen molar-refractivity contribution in [1.82, 2.24) is 10.2 Å². The Kier molecular flexibility index (Phi) is 5.14. The molecule has 1 heterocycles. The van der Waals surface area contributed by atoms with Crippen LogP contribution in [0.4, 0.5) is 4.39 Å². The van der Waals surface area contributed by atoms with Gasteiger partial charge in [0.25, 0.3) is 0 Å². The average molecular weight is 250 g/mol. The van der Waals surface area contributed by atoms with E-state index in [1.54, 1.807) is 12.1 Å². The van der Waals surface area contributed by atoms with Crippen LogP contribution in [0.25, 0.3) is 0 Å². The number of benzene rings is 1. The fourth-order valence-electron chi connectivity index (χ4n) is 2.59. The largest absolute Gasteiger partial charge is 0.313 e. The van der Waals surface area contributed by atoms with Crippen molar-refractivity contribution in [3.8, 4) is 0 Å². The van der Waals surface area contributed by atoms with E-state index in [9.17, 15) is 4.39 Å². The molecule has 1 aromatic rings. The first-order chi connectivity index (χ1) is 8.78. The molecule has 1 N–H and O–H groups in total. The first kappa shape index (κ1) is 13.5. The summed E-state index contributed by atoms with van der Waals surface area (Å²) in [6.07, 6.45) is 3.89. The standard InChI is InChI=1S/C15H23FN2/c1-2-18(12-15-8-3-4-9-17-15)11-13-6-5-7-14(16)10-13/h5-7,10,15,17H,2-4,8-9,11-12H2,1H3. The molecule has 0 saturated carbocycles. The van der Waals surface area contributed by atoms with E-state index in [0.717, 1.165) is 31.7 Å². The number of nitrogens with one attached hydrogen (secondary N) is 1. The van der Waals surface area contributed by atoms with Crippen LogP contribution in [0.5, 0.6) is 0 Å². The van der Waals surface area contributed by atoms with Gasteiger partial charge in [0.05, 0.1) is 0 Å². The lowest BCUT2D eigenvalue weighted by atomic mass is 10.0. The first-order valence-electron chi connectivity index (χ1n) is 6.98. The molecule has 0 bridgehead atoms. The summed E-state index contributed by atoms with van der Waals surface area (Å²) in [5, 5.41) is 3.57. The van der Waals surface area contributed by atoms with Gasteiger partial charge in [-0.2, -0.15) is 0 Å². The lowest BCUT2D eigenvalue weighted by molar-refractivity contribution is 0.226. The van der Waals surface area contributed by atoms with E-state index in [4.69, 9.17) is 0 Å². The highest BCUT2D eigenvalue weighted by Crippen LogP contribution is 2.11. The van der Waals surface area contributed by atoms with E-state index in [1.807, 2.05) is 6.07 Å². The van der Waals surface area contributed by atoms with Crippen molar-refractivity contribution < 1.29 is 4.39 Å². The number of likely N-dealkylation sites (N-methyl/N-ethyl adjacent to an activating group) is 1. The van der Waals surface area contributed by atoms with Crippen LogP contribution in [-0.2, 0) is 6.54 Å². The molecule has 2 rings (SSSR count). The molecular formula is C15H23FN2. The zero-order valence-electron chi connectivity index (χ0n) is 11.2. The van der Waals surface area contributed by atoms with E-state index < -0.39 is 0 Å². The summed E-state index contributed by atoms with van der Waals surface area (Å²) in [5.41, 5.74) is 1.06. The number of nitrogens with zero attached hydrogens (tertiary/aromatic N) is 1. The van der Waals surface area contributed by atoms with Crippen molar-refractivity contribution in [2.45, 2.75) is 38.8 Å². The SMILES string of the molecule is CCN(Cc1cccc(F)c1)CC1CCCCN1. The Morgan fingerprint density at radius 2 is 2.28 bits per heavy atom. The predicted octanol–water partition coefficient (Wildman–Crippen LogP) is 2.79. The van der Waals surface area contributed by atoms with Gasteiger partial charge in [-0.25, -0.2) is 4.39 Å². The molecule has 1 aliphatic heterocycles. The van der Waals surface area contributed by atoms with Crippen molar-refractivity contribution in [2.24, 2.45) is 0 Å². The molecule has 1 saturated heterocycles. The fraction of sp³-hybridized carbons (Fsp3) is 0.600. The second-order valence-electron chi connectivity index (χ2n) is 5.10. The molecule has 0 radical (unpaired) electrons. The Hall–Kier alpha value is -0.930. The van der Waals surface area contributed by atoms with Gasteiger partial charge >= 0.3 is 0 Å². The molecule has 1 aliphatic rings. The second kappa shape index (κ2) is 6.86. The Morgan fingerprint density at radius 1 is 1.39 bits per heavy atom. The Labute approximate surface area is 109 Å². The third-order valence-corrected chi connectivity index (χ3v) is 3.63. The highest BCUT2D eigenvalue weighted by molar-refractivity contribution is 5.16. The highest BCUT2D eigenvalue weighted by atomic mass is 19.1. The molecule has 1 unspecified atom stereocenters. The molecule has 2 nitrogen and oxygen atoms in total. The number of halogens is 1. The van der Waals surface area contributed by atoms with Crippen LogP contribution in [-0.4, -0.2) is 30.6 Å². The van der Waals surface area contributed by atoms with Crippen molar-refractivity contribution in [3.05, 3.63) is 35.6 Å². The topological polar surface area (TPSA) is 15.3 Å². The maximum Gasteiger partial charge on any atom is 0.123 e. The Bertz CT molecular complexity index is 361. The van der Waals surface area contributed by atoms with Gasteiger partial charge in [-0.15, -0.1) is 0 Å². The molecule has 0 aliphatic carbocycles. The van der Waals surface area contributed by atoms with Crippen molar-refractivity contribution in [1.29, 1.82) is 0 Å². The summed E-state index contributed by atoms with van der Waals surface area (Å²) in [7, 11) is 0. The van der Waals surface area contributed by atoms with Gasteiger partial charge in [0.1, 0.15) is 5.82 Å². The van der Waals surface area contributed by atoms with Crippen molar-refractivity contribution in [2.75, 3.05) is 19.6 Å². The summed E-state index contributed by atoms with van der Waals surface area (Å²) in [5.74, 6) is -0.139. The smallest absolute Gasteiger partial charge is 0.123 e. The summed E-state index contributed by atoms with van der Waals surface area (Å²) in [6.45, 7) is 6.22. The van der Waals surface area contributed by atoms with Crippen LogP contribution in [0.3, 0.4) is 0 Å². The molecule has 100 valence electrons. The maximum absolute atomic E-state index is 13.1. The van der Waals surface area contributed by atoms with E-state index >= 15 is 0 Å². The van der Waals surface area contributed by atoms with Crippen LogP contribution >= 0.6 is 0 Å². The van der Waals surface area contributed by atoms with Crippen LogP contribution in [0.15, 0.2) is 24.3 Å². The lowest BCUT2D eigenvalue weighted by Gasteiger charge is -2.30. The third kappa shape index (κ3) is 4.07. The fourth-order valence-corrected chi connectivity index (χ4v) is 2.59. The number of piperidine rings is 1.